The lowest BCUT2D eigenvalue weighted by Gasteiger charge is -2.26. The van der Waals surface area contributed by atoms with Crippen molar-refractivity contribution in [3.8, 4) is 11.3 Å². The highest BCUT2D eigenvalue weighted by atomic mass is 32.1. The van der Waals surface area contributed by atoms with Gasteiger partial charge in [0.25, 0.3) is 0 Å². The molecule has 1 aliphatic rings. The summed E-state index contributed by atoms with van der Waals surface area (Å²) in [5, 5.41) is 28.5. The number of rotatable bonds is 5. The number of nitrogens with zero attached hydrogens (tertiary/aromatic N) is 1. The monoisotopic (exact) mass is 432 g/mol. The first-order valence-corrected chi connectivity index (χ1v) is 12.1. The van der Waals surface area contributed by atoms with Crippen molar-refractivity contribution < 1.29 is 10.2 Å². The van der Waals surface area contributed by atoms with Gasteiger partial charge in [-0.05, 0) is 43.0 Å². The van der Waals surface area contributed by atoms with Gasteiger partial charge in [0, 0.05) is 43.7 Å². The van der Waals surface area contributed by atoms with Crippen LogP contribution in [-0.2, 0) is 6.42 Å². The quantitative estimate of drug-likeness (QED) is 0.319. The van der Waals surface area contributed by atoms with Gasteiger partial charge in [-0.1, -0.05) is 50.5 Å². The van der Waals surface area contributed by atoms with Crippen molar-refractivity contribution in [2.75, 3.05) is 5.32 Å². The molecule has 0 unspecified atom stereocenters. The Balaban J connectivity index is 1.71. The minimum absolute atomic E-state index is 0.425. The highest BCUT2D eigenvalue weighted by Gasteiger charge is 2.21. The van der Waals surface area contributed by atoms with Gasteiger partial charge in [0.2, 0.25) is 0 Å². The highest BCUT2D eigenvalue weighted by molar-refractivity contribution is 7.17. The van der Waals surface area contributed by atoms with E-state index in [2.05, 4.69) is 41.9 Å². The minimum Gasteiger partial charge on any atom is -0.382 e. The first-order valence-electron chi connectivity index (χ1n) is 11.2. The van der Waals surface area contributed by atoms with Gasteiger partial charge in [-0.25, -0.2) is 4.98 Å². The molecular formula is C26H28N2O2S. The zero-order valence-corrected chi connectivity index (χ0v) is 18.6. The molecule has 0 spiro atoms. The average Bonchev–Trinajstić information content (AvgIpc) is 3.23. The predicted octanol–water partition coefficient (Wildman–Crippen LogP) is 6.41. The van der Waals surface area contributed by atoms with Crippen molar-refractivity contribution in [2.24, 2.45) is 0 Å². The predicted molar refractivity (Wildman–Crippen MR) is 130 cm³/mol. The fraction of sp³-hybridized carbons (Fsp3) is 0.346. The number of benzene rings is 2. The number of fused-ring (bicyclic) bond motifs is 2. The number of aliphatic hydroxyl groups is 2. The second-order valence-corrected chi connectivity index (χ2v) is 9.36. The first-order chi connectivity index (χ1) is 15.2. The van der Waals surface area contributed by atoms with E-state index in [1.165, 1.54) is 24.0 Å². The molecule has 5 heteroatoms. The van der Waals surface area contributed by atoms with Crippen molar-refractivity contribution in [3.05, 3.63) is 59.0 Å². The Kier molecular flexibility index (Phi) is 5.65. The number of pyridine rings is 1. The van der Waals surface area contributed by atoms with Crippen molar-refractivity contribution in [3.63, 3.8) is 0 Å². The largest absolute Gasteiger partial charge is 0.382 e. The molecule has 160 valence electrons. The second kappa shape index (κ2) is 8.58. The second-order valence-electron chi connectivity index (χ2n) is 8.44. The van der Waals surface area contributed by atoms with Crippen LogP contribution >= 0.6 is 11.3 Å². The smallest absolute Gasteiger partial charge is 0.179 e. The number of aryl methyl sites for hydroxylation is 1. The van der Waals surface area contributed by atoms with Crippen LogP contribution in [0, 0.1) is 0 Å². The van der Waals surface area contributed by atoms with Gasteiger partial charge in [0.05, 0.1) is 11.2 Å². The van der Waals surface area contributed by atoms with E-state index >= 15 is 0 Å². The van der Waals surface area contributed by atoms with Crippen LogP contribution in [0.3, 0.4) is 0 Å². The van der Waals surface area contributed by atoms with E-state index < -0.39 is 6.29 Å². The summed E-state index contributed by atoms with van der Waals surface area (Å²) >= 11 is 1.69. The Hall–Kier alpha value is -2.47. The number of anilines is 1. The number of thiophene rings is 1. The molecule has 4 nitrogen and oxygen atoms in total. The molecule has 31 heavy (non-hydrogen) atoms. The average molecular weight is 433 g/mol. The van der Waals surface area contributed by atoms with E-state index in [4.69, 9.17) is 4.98 Å². The van der Waals surface area contributed by atoms with E-state index in [1.54, 1.807) is 11.3 Å². The molecule has 0 bridgehead atoms. The lowest BCUT2D eigenvalue weighted by molar-refractivity contribution is -0.0412. The molecular weight excluding hydrogens is 404 g/mol. The SMILES string of the molecule is CCc1ccc(NC2CCCCC2)c2c(C(O)O)cc(-c3csc4ccccc34)nc12. The van der Waals surface area contributed by atoms with Crippen LogP contribution in [0.1, 0.15) is 56.4 Å². The van der Waals surface area contributed by atoms with Gasteiger partial charge in [-0.3, -0.25) is 0 Å². The molecule has 2 aromatic carbocycles. The van der Waals surface area contributed by atoms with Gasteiger partial charge >= 0.3 is 0 Å². The summed E-state index contributed by atoms with van der Waals surface area (Å²) in [6, 6.07) is 14.8. The Morgan fingerprint density at radius 3 is 2.68 bits per heavy atom. The topological polar surface area (TPSA) is 65.4 Å². The van der Waals surface area contributed by atoms with Crippen molar-refractivity contribution in [1.82, 2.24) is 4.98 Å². The highest BCUT2D eigenvalue weighted by Crippen LogP contribution is 2.39. The Labute approximate surface area is 186 Å². The molecule has 0 radical (unpaired) electrons. The van der Waals surface area contributed by atoms with Crippen molar-refractivity contribution in [1.29, 1.82) is 0 Å². The molecule has 0 saturated heterocycles. The van der Waals surface area contributed by atoms with E-state index in [9.17, 15) is 10.2 Å². The zero-order chi connectivity index (χ0) is 21.4. The molecule has 0 amide bonds. The Bertz CT molecular complexity index is 1230. The normalized spacial score (nSPS) is 15.2. The van der Waals surface area contributed by atoms with Crippen LogP contribution in [-0.4, -0.2) is 21.2 Å². The summed E-state index contributed by atoms with van der Waals surface area (Å²) in [5.74, 6) is 0. The molecule has 4 aromatic rings. The Morgan fingerprint density at radius 1 is 1.10 bits per heavy atom. The van der Waals surface area contributed by atoms with Crippen molar-refractivity contribution in [2.45, 2.75) is 57.8 Å². The van der Waals surface area contributed by atoms with E-state index in [0.717, 1.165) is 58.1 Å². The van der Waals surface area contributed by atoms with Gasteiger partial charge in [0.1, 0.15) is 0 Å². The summed E-state index contributed by atoms with van der Waals surface area (Å²) < 4.78 is 1.20. The molecule has 3 N–H and O–H groups in total. The third-order valence-corrected chi connectivity index (χ3v) is 7.42. The van der Waals surface area contributed by atoms with Crippen LogP contribution in [0.5, 0.6) is 0 Å². The maximum atomic E-state index is 10.4. The first kappa shape index (κ1) is 20.4. The Morgan fingerprint density at radius 2 is 1.90 bits per heavy atom. The summed E-state index contributed by atoms with van der Waals surface area (Å²) in [7, 11) is 0. The lowest BCUT2D eigenvalue weighted by atomic mass is 9.94. The van der Waals surface area contributed by atoms with Crippen LogP contribution in [0.2, 0.25) is 0 Å². The van der Waals surface area contributed by atoms with E-state index in [0.29, 0.717) is 11.6 Å². The molecule has 1 saturated carbocycles. The van der Waals surface area contributed by atoms with Crippen molar-refractivity contribution >= 4 is 38.0 Å². The minimum atomic E-state index is -1.56. The number of hydrogen-bond acceptors (Lipinski definition) is 5. The molecule has 2 heterocycles. The fourth-order valence-electron chi connectivity index (χ4n) is 4.82. The van der Waals surface area contributed by atoms with Gasteiger partial charge in [0.15, 0.2) is 6.29 Å². The lowest BCUT2D eigenvalue weighted by Crippen LogP contribution is -2.22. The number of hydrogen-bond donors (Lipinski definition) is 3. The van der Waals surface area contributed by atoms with Crippen LogP contribution < -0.4 is 5.32 Å². The summed E-state index contributed by atoms with van der Waals surface area (Å²) in [4.78, 5) is 5.08. The molecule has 0 atom stereocenters. The third-order valence-electron chi connectivity index (χ3n) is 6.46. The van der Waals surface area contributed by atoms with Crippen LogP contribution in [0.4, 0.5) is 5.69 Å². The number of aromatic nitrogens is 1. The maximum absolute atomic E-state index is 10.4. The molecule has 2 aromatic heterocycles. The standard InChI is InChI=1S/C26H28N2O2S/c1-2-16-12-13-21(27-17-8-4-3-5-9-17)24-19(26(29)30)14-22(28-25(16)24)20-15-31-23-11-7-6-10-18(20)23/h6-7,10-15,17,26-27,29-30H,2-5,8-9H2,1H3. The summed E-state index contributed by atoms with van der Waals surface area (Å²) in [5.41, 5.74) is 5.28. The zero-order valence-electron chi connectivity index (χ0n) is 17.8. The van der Waals surface area contributed by atoms with Gasteiger partial charge in [-0.2, -0.15) is 0 Å². The number of aliphatic hydroxyl groups excluding tert-OH is 1. The fourth-order valence-corrected chi connectivity index (χ4v) is 5.77. The number of nitrogens with one attached hydrogen (secondary N) is 1. The summed E-state index contributed by atoms with van der Waals surface area (Å²) in [6.45, 7) is 2.12. The van der Waals surface area contributed by atoms with E-state index in [-0.39, 0.29) is 0 Å². The molecule has 1 fully saturated rings. The maximum Gasteiger partial charge on any atom is 0.179 e. The van der Waals surface area contributed by atoms with Crippen LogP contribution in [0.25, 0.3) is 32.2 Å². The van der Waals surface area contributed by atoms with Gasteiger partial charge < -0.3 is 15.5 Å². The molecule has 0 aliphatic heterocycles. The molecule has 1 aliphatic carbocycles. The summed E-state index contributed by atoms with van der Waals surface area (Å²) in [6.07, 6.45) is 5.36. The van der Waals surface area contributed by atoms with Crippen LogP contribution in [0.15, 0.2) is 47.8 Å². The molecule has 5 rings (SSSR count). The third kappa shape index (κ3) is 3.82. The van der Waals surface area contributed by atoms with Gasteiger partial charge in [-0.15, -0.1) is 11.3 Å². The van der Waals surface area contributed by atoms with E-state index in [1.807, 2.05) is 18.2 Å².